The molecule has 0 saturated carbocycles. The van der Waals surface area contributed by atoms with Crippen molar-refractivity contribution in [1.82, 2.24) is 0 Å². The number of phenolic OH excluding ortho intramolecular Hbond substituents is 6. The van der Waals surface area contributed by atoms with Crippen LogP contribution in [0.1, 0.15) is 33.9 Å². The van der Waals surface area contributed by atoms with Gasteiger partial charge in [0.1, 0.15) is 29.1 Å². The second-order valence-electron chi connectivity index (χ2n) is 11.0. The van der Waals surface area contributed by atoms with E-state index in [1.807, 2.05) is 0 Å². The lowest BCUT2D eigenvalue weighted by atomic mass is 9.79. The largest absolute Gasteiger partial charge is 0.508 e. The highest BCUT2D eigenvalue weighted by Crippen LogP contribution is 2.65. The Bertz CT molecular complexity index is 1800. The number of ether oxygens (including phenoxy) is 4. The average molecular weight is 578 g/mol. The van der Waals surface area contributed by atoms with Crippen LogP contribution in [0.15, 0.2) is 42.0 Å². The van der Waals surface area contributed by atoms with Crippen molar-refractivity contribution in [3.8, 4) is 46.0 Å². The third kappa shape index (κ3) is 2.92. The summed E-state index contributed by atoms with van der Waals surface area (Å²) in [5.41, 5.74) is 0.00167. The zero-order chi connectivity index (χ0) is 29.5. The van der Waals surface area contributed by atoms with E-state index in [-0.39, 0.29) is 63.7 Å². The summed E-state index contributed by atoms with van der Waals surface area (Å²) in [5, 5.41) is 85.3. The van der Waals surface area contributed by atoms with Crippen LogP contribution in [-0.2, 0) is 38.7 Å². The standard InChI is InChI=1S/C29H22O13/c30-9-3-15(32)10-5-17(34)27(40-19(10)4-9)13-8-21(35)28(38)23-22-12(6-16(33)25(23)37)26-20(41-29(13,22)42-28)7-11-18(39-26)2-1-14(31)24(11)36/h1-4,6,8,17,20,26-27,30-34,36-38H,5,7H2/t17-,20-,26-,27-,28+,29+/m1/s1. The van der Waals surface area contributed by atoms with Crippen LogP contribution in [0.2, 0.25) is 0 Å². The topological polar surface area (TPSA) is 216 Å². The van der Waals surface area contributed by atoms with E-state index >= 15 is 0 Å². The van der Waals surface area contributed by atoms with Gasteiger partial charge in [-0.15, -0.1) is 0 Å². The first kappa shape index (κ1) is 25.1. The predicted octanol–water partition coefficient (Wildman–Crippen LogP) is 1.20. The zero-order valence-electron chi connectivity index (χ0n) is 21.3. The van der Waals surface area contributed by atoms with Crippen LogP contribution in [-0.4, -0.2) is 64.9 Å². The molecule has 3 aromatic rings. The highest BCUT2D eigenvalue weighted by atomic mass is 16.8. The summed E-state index contributed by atoms with van der Waals surface area (Å²) in [5.74, 6) is -8.76. The second kappa shape index (κ2) is 7.77. The van der Waals surface area contributed by atoms with Crippen molar-refractivity contribution in [3.63, 3.8) is 0 Å². The number of rotatable bonds is 1. The van der Waals surface area contributed by atoms with Gasteiger partial charge in [0.2, 0.25) is 11.6 Å². The van der Waals surface area contributed by atoms with Crippen molar-refractivity contribution < 1.29 is 64.6 Å². The summed E-state index contributed by atoms with van der Waals surface area (Å²) < 4.78 is 24.6. The van der Waals surface area contributed by atoms with Gasteiger partial charge in [-0.3, -0.25) is 9.53 Å². The molecule has 6 atom stereocenters. The molecule has 216 valence electrons. The molecule has 13 nitrogen and oxygen atoms in total. The van der Waals surface area contributed by atoms with E-state index < -0.39 is 70.3 Å². The summed E-state index contributed by atoms with van der Waals surface area (Å²) in [6.45, 7) is 0. The maximum Gasteiger partial charge on any atom is 0.265 e. The monoisotopic (exact) mass is 578 g/mol. The molecule has 8 rings (SSSR count). The first-order chi connectivity index (χ1) is 19.9. The number of hydrogen-bond acceptors (Lipinski definition) is 13. The summed E-state index contributed by atoms with van der Waals surface area (Å²) in [7, 11) is 0. The van der Waals surface area contributed by atoms with Gasteiger partial charge in [0, 0.05) is 52.8 Å². The molecule has 13 heteroatoms. The molecule has 1 spiro atoms. The van der Waals surface area contributed by atoms with Gasteiger partial charge in [0.05, 0.1) is 11.7 Å². The average Bonchev–Trinajstić information content (AvgIpc) is 3.18. The Balaban J connectivity index is 1.34. The molecule has 3 aromatic carbocycles. The van der Waals surface area contributed by atoms with Crippen molar-refractivity contribution in [2.75, 3.05) is 0 Å². The van der Waals surface area contributed by atoms with Crippen LogP contribution < -0.4 is 9.47 Å². The van der Waals surface area contributed by atoms with E-state index in [1.54, 1.807) is 0 Å². The van der Waals surface area contributed by atoms with Crippen LogP contribution >= 0.6 is 0 Å². The van der Waals surface area contributed by atoms with Crippen molar-refractivity contribution in [2.24, 2.45) is 0 Å². The predicted molar refractivity (Wildman–Crippen MR) is 135 cm³/mol. The number of benzene rings is 3. The van der Waals surface area contributed by atoms with E-state index in [0.29, 0.717) is 0 Å². The minimum Gasteiger partial charge on any atom is -0.508 e. The van der Waals surface area contributed by atoms with E-state index in [1.165, 1.54) is 24.3 Å². The quantitative estimate of drug-likeness (QED) is 0.191. The van der Waals surface area contributed by atoms with Crippen molar-refractivity contribution in [2.45, 2.75) is 48.8 Å². The molecule has 0 unspecified atom stereocenters. The van der Waals surface area contributed by atoms with Gasteiger partial charge in [0.15, 0.2) is 35.2 Å². The van der Waals surface area contributed by atoms with E-state index in [4.69, 9.17) is 18.9 Å². The lowest BCUT2D eigenvalue weighted by Gasteiger charge is -2.49. The molecular formula is C29H22O13. The number of carbonyl (C=O) groups excluding carboxylic acids is 1. The minimum absolute atomic E-state index is 0.0180. The van der Waals surface area contributed by atoms with E-state index in [9.17, 15) is 45.6 Å². The molecule has 5 aliphatic heterocycles. The van der Waals surface area contributed by atoms with Gasteiger partial charge in [-0.2, -0.15) is 0 Å². The first-order valence-electron chi connectivity index (χ1n) is 13.0. The Morgan fingerprint density at radius 1 is 0.786 bits per heavy atom. The molecule has 0 aliphatic carbocycles. The van der Waals surface area contributed by atoms with Crippen molar-refractivity contribution in [1.29, 1.82) is 0 Å². The molecule has 0 amide bonds. The Morgan fingerprint density at radius 2 is 1.55 bits per heavy atom. The lowest BCUT2D eigenvalue weighted by molar-refractivity contribution is -0.341. The fourth-order valence-electron chi connectivity index (χ4n) is 6.77. The van der Waals surface area contributed by atoms with Crippen LogP contribution in [0.25, 0.3) is 0 Å². The molecule has 5 aliphatic rings. The molecule has 0 aromatic heterocycles. The summed E-state index contributed by atoms with van der Waals surface area (Å²) in [4.78, 5) is 13.5. The zero-order valence-corrected chi connectivity index (χ0v) is 21.3. The van der Waals surface area contributed by atoms with Crippen LogP contribution in [0.3, 0.4) is 0 Å². The molecule has 2 bridgehead atoms. The minimum atomic E-state index is -2.80. The molecule has 0 radical (unpaired) electrons. The number of aromatic hydroxyl groups is 6. The highest BCUT2D eigenvalue weighted by molar-refractivity contribution is 6.01. The summed E-state index contributed by atoms with van der Waals surface area (Å²) in [6, 6.07) is 6.20. The number of aliphatic hydroxyl groups is 2. The molecular weight excluding hydrogens is 556 g/mol. The molecule has 42 heavy (non-hydrogen) atoms. The third-order valence-electron chi connectivity index (χ3n) is 8.60. The number of aliphatic hydroxyl groups excluding tert-OH is 1. The molecule has 5 heterocycles. The maximum atomic E-state index is 13.5. The Morgan fingerprint density at radius 3 is 2.33 bits per heavy atom. The van der Waals surface area contributed by atoms with E-state index in [0.717, 1.165) is 12.1 Å². The van der Waals surface area contributed by atoms with E-state index in [2.05, 4.69) is 0 Å². The van der Waals surface area contributed by atoms with Gasteiger partial charge in [-0.1, -0.05) is 0 Å². The number of hydrogen-bond donors (Lipinski definition) is 8. The number of ketones is 1. The van der Waals surface area contributed by atoms with Gasteiger partial charge in [0.25, 0.3) is 5.79 Å². The van der Waals surface area contributed by atoms with Crippen LogP contribution in [0.5, 0.6) is 46.0 Å². The lowest BCUT2D eigenvalue weighted by Crippen LogP contribution is -2.55. The van der Waals surface area contributed by atoms with Gasteiger partial charge < -0.3 is 55.1 Å². The molecule has 0 saturated heterocycles. The maximum absolute atomic E-state index is 13.5. The fourth-order valence-corrected chi connectivity index (χ4v) is 6.77. The highest BCUT2D eigenvalue weighted by Gasteiger charge is 2.70. The van der Waals surface area contributed by atoms with Gasteiger partial charge in [-0.05, 0) is 24.3 Å². The van der Waals surface area contributed by atoms with Gasteiger partial charge >= 0.3 is 0 Å². The molecule has 0 fully saturated rings. The van der Waals surface area contributed by atoms with Crippen LogP contribution in [0, 0.1) is 0 Å². The SMILES string of the molecule is O=C1C=C([C@H]2Oc3cc(O)cc(O)c3C[C@H]2O)[C@@]23O[C@@H]4Cc5c(ccc(O)c5O)O[C@@H]4c4cc(O)c(O)c(c42)[C@@]1(O)O3. The smallest absolute Gasteiger partial charge is 0.265 e. The number of carbonyl (C=O) groups is 1. The number of fused-ring (bicyclic) bond motifs is 6. The summed E-state index contributed by atoms with van der Waals surface area (Å²) >= 11 is 0. The Hall–Kier alpha value is -4.69. The Labute approximate surface area is 235 Å². The Kier molecular flexibility index (Phi) is 4.64. The van der Waals surface area contributed by atoms with Crippen molar-refractivity contribution in [3.05, 3.63) is 69.8 Å². The van der Waals surface area contributed by atoms with Gasteiger partial charge in [-0.25, -0.2) is 0 Å². The second-order valence-corrected chi connectivity index (χ2v) is 11.0. The van der Waals surface area contributed by atoms with Crippen LogP contribution in [0.4, 0.5) is 0 Å². The summed E-state index contributed by atoms with van der Waals surface area (Å²) in [6.07, 6.45) is -4.02. The van der Waals surface area contributed by atoms with Crippen molar-refractivity contribution >= 4 is 5.78 Å². The number of phenols is 6. The third-order valence-corrected chi connectivity index (χ3v) is 8.60. The first-order valence-corrected chi connectivity index (χ1v) is 13.0. The fraction of sp³-hybridized carbons (Fsp3) is 0.276. The molecule has 8 N–H and O–H groups in total. The normalized spacial score (nSPS) is 31.6.